The number of aromatic nitrogens is 2. The molecule has 240 valence electrons. The summed E-state index contributed by atoms with van der Waals surface area (Å²) in [6.07, 6.45) is 1.34. The maximum atomic E-state index is 14.2. The van der Waals surface area contributed by atoms with Gasteiger partial charge < -0.3 is 30.1 Å². The Labute approximate surface area is 258 Å². The molecule has 2 aliphatic rings. The molecular weight excluding hydrogens is 566 g/mol. The Morgan fingerprint density at radius 3 is 2.43 bits per heavy atom. The highest BCUT2D eigenvalue weighted by molar-refractivity contribution is 5.96. The molecule has 2 aromatic rings. The topological polar surface area (TPSA) is 152 Å². The molecule has 1 aliphatic heterocycles. The van der Waals surface area contributed by atoms with E-state index in [1.807, 2.05) is 35.8 Å². The van der Waals surface area contributed by atoms with Crippen LogP contribution < -0.4 is 15.4 Å². The van der Waals surface area contributed by atoms with Gasteiger partial charge in [0.05, 0.1) is 17.6 Å². The fourth-order valence-electron chi connectivity index (χ4n) is 5.81. The number of alkyl carbamates (subject to hydrolysis) is 1. The van der Waals surface area contributed by atoms with E-state index in [1.165, 1.54) is 4.90 Å². The molecule has 2 heterocycles. The van der Waals surface area contributed by atoms with Gasteiger partial charge in [0, 0.05) is 13.0 Å². The molecule has 1 aromatic carbocycles. The summed E-state index contributed by atoms with van der Waals surface area (Å²) in [5.74, 6) is -2.37. The van der Waals surface area contributed by atoms with Crippen LogP contribution in [0.1, 0.15) is 67.7 Å². The van der Waals surface area contributed by atoms with E-state index in [4.69, 9.17) is 9.47 Å². The first-order chi connectivity index (χ1) is 20.5. The highest BCUT2D eigenvalue weighted by Crippen LogP contribution is 2.46. The molecule has 2 fully saturated rings. The number of hydrogen-bond acceptors (Lipinski definition) is 7. The summed E-state index contributed by atoms with van der Waals surface area (Å²) in [7, 11) is 0. The van der Waals surface area contributed by atoms with E-state index in [0.717, 1.165) is 11.0 Å². The molecule has 12 heteroatoms. The van der Waals surface area contributed by atoms with Crippen LogP contribution in [0.3, 0.4) is 0 Å². The van der Waals surface area contributed by atoms with Crippen LogP contribution in [0.4, 0.5) is 4.79 Å². The van der Waals surface area contributed by atoms with Gasteiger partial charge in [0.1, 0.15) is 29.3 Å². The molecule has 5 atom stereocenters. The second-order valence-electron chi connectivity index (χ2n) is 13.8. The van der Waals surface area contributed by atoms with E-state index in [9.17, 15) is 24.3 Å². The van der Waals surface area contributed by atoms with Crippen molar-refractivity contribution in [3.05, 3.63) is 36.9 Å². The maximum absolute atomic E-state index is 14.2. The Balaban J connectivity index is 1.65. The number of carboxylic acids is 1. The Bertz CT molecular complexity index is 1440. The van der Waals surface area contributed by atoms with Crippen LogP contribution in [0.2, 0.25) is 0 Å². The number of hydrogen-bond donors (Lipinski definition) is 3. The molecule has 44 heavy (non-hydrogen) atoms. The second kappa shape index (κ2) is 12.1. The SMILES string of the molecule is C=CCn1c(O[C@@H]2C[C@@H](C(=O)NC3(C(=O)O)CC3CC)N(C(=O)C(NC(=O)OC(C)(C)C)C(C)(C)C)C2)nc2ccccc21. The quantitative estimate of drug-likeness (QED) is 0.343. The molecule has 3 unspecified atom stereocenters. The normalized spacial score (nSPS) is 24.0. The van der Waals surface area contributed by atoms with E-state index < -0.39 is 58.6 Å². The zero-order valence-corrected chi connectivity index (χ0v) is 26.7. The van der Waals surface area contributed by atoms with Crippen molar-refractivity contribution >= 4 is 34.9 Å². The minimum atomic E-state index is -1.37. The van der Waals surface area contributed by atoms with Crippen LogP contribution >= 0.6 is 0 Å². The first-order valence-electron chi connectivity index (χ1n) is 15.1. The Morgan fingerprint density at radius 1 is 1.18 bits per heavy atom. The number of carboxylic acid groups (broad SMARTS) is 1. The van der Waals surface area contributed by atoms with E-state index in [-0.39, 0.29) is 18.9 Å². The number of carbonyl (C=O) groups excluding carboxylic acids is 3. The molecule has 0 bridgehead atoms. The summed E-state index contributed by atoms with van der Waals surface area (Å²) in [6.45, 7) is 16.8. The molecular formula is C32H45N5O7. The van der Waals surface area contributed by atoms with E-state index in [1.54, 1.807) is 47.6 Å². The van der Waals surface area contributed by atoms with Gasteiger partial charge in [-0.2, -0.15) is 4.98 Å². The fourth-order valence-corrected chi connectivity index (χ4v) is 5.81. The minimum absolute atomic E-state index is 0.0219. The van der Waals surface area contributed by atoms with Crippen molar-refractivity contribution in [1.29, 1.82) is 0 Å². The predicted octanol–water partition coefficient (Wildman–Crippen LogP) is 3.88. The van der Waals surface area contributed by atoms with Crippen molar-refractivity contribution in [2.75, 3.05) is 6.54 Å². The third-order valence-corrected chi connectivity index (χ3v) is 8.15. The largest absolute Gasteiger partial charge is 0.479 e. The monoisotopic (exact) mass is 611 g/mol. The molecule has 1 saturated carbocycles. The van der Waals surface area contributed by atoms with Crippen LogP contribution in [0.15, 0.2) is 36.9 Å². The smallest absolute Gasteiger partial charge is 0.408 e. The zero-order valence-electron chi connectivity index (χ0n) is 26.7. The van der Waals surface area contributed by atoms with Crippen molar-refractivity contribution in [2.24, 2.45) is 11.3 Å². The highest BCUT2D eigenvalue weighted by Gasteiger charge is 2.61. The van der Waals surface area contributed by atoms with Crippen LogP contribution in [0, 0.1) is 11.3 Å². The van der Waals surface area contributed by atoms with Crippen LogP contribution in [-0.4, -0.2) is 79.3 Å². The number of ether oxygens (including phenoxy) is 2. The zero-order chi connectivity index (χ0) is 32.6. The molecule has 4 rings (SSSR count). The first kappa shape index (κ1) is 32.8. The number of likely N-dealkylation sites (tertiary alicyclic amines) is 1. The van der Waals surface area contributed by atoms with Crippen LogP contribution in [0.25, 0.3) is 11.0 Å². The lowest BCUT2D eigenvalue weighted by atomic mass is 9.85. The summed E-state index contributed by atoms with van der Waals surface area (Å²) in [6, 6.07) is 5.79. The number of rotatable bonds is 10. The average Bonchev–Trinajstić information content (AvgIpc) is 3.30. The predicted molar refractivity (Wildman–Crippen MR) is 164 cm³/mol. The fraction of sp³-hybridized carbons (Fsp3) is 0.594. The number of amides is 3. The minimum Gasteiger partial charge on any atom is -0.479 e. The number of allylic oxidation sites excluding steroid dienone is 1. The third-order valence-electron chi connectivity index (χ3n) is 8.15. The number of carbonyl (C=O) groups is 4. The number of fused-ring (bicyclic) bond motifs is 1. The summed E-state index contributed by atoms with van der Waals surface area (Å²) in [5.41, 5.74) is -1.33. The number of aliphatic carboxylic acids is 1. The Kier molecular flexibility index (Phi) is 9.04. The van der Waals surface area contributed by atoms with Crippen molar-refractivity contribution in [3.63, 3.8) is 0 Å². The van der Waals surface area contributed by atoms with Gasteiger partial charge in [0.25, 0.3) is 6.01 Å². The molecule has 1 aromatic heterocycles. The second-order valence-corrected chi connectivity index (χ2v) is 13.8. The number of para-hydroxylation sites is 2. The van der Waals surface area contributed by atoms with Gasteiger partial charge in [-0.05, 0) is 50.7 Å². The number of nitrogens with one attached hydrogen (secondary N) is 2. The molecule has 12 nitrogen and oxygen atoms in total. The molecule has 3 amide bonds. The summed E-state index contributed by atoms with van der Waals surface area (Å²) in [4.78, 5) is 59.0. The van der Waals surface area contributed by atoms with Gasteiger partial charge in [-0.3, -0.25) is 14.2 Å². The van der Waals surface area contributed by atoms with Crippen LogP contribution in [0.5, 0.6) is 6.01 Å². The van der Waals surface area contributed by atoms with Gasteiger partial charge in [-0.25, -0.2) is 9.59 Å². The third kappa shape index (κ3) is 6.84. The maximum Gasteiger partial charge on any atom is 0.408 e. The lowest BCUT2D eigenvalue weighted by Gasteiger charge is -2.35. The van der Waals surface area contributed by atoms with Gasteiger partial charge in [-0.1, -0.05) is 52.3 Å². The summed E-state index contributed by atoms with van der Waals surface area (Å²) < 4.78 is 13.6. The van der Waals surface area contributed by atoms with Crippen molar-refractivity contribution < 1.29 is 33.8 Å². The highest BCUT2D eigenvalue weighted by atomic mass is 16.6. The molecule has 0 spiro atoms. The molecule has 1 saturated heterocycles. The van der Waals surface area contributed by atoms with E-state index in [2.05, 4.69) is 22.2 Å². The van der Waals surface area contributed by atoms with Gasteiger partial charge in [0.2, 0.25) is 11.8 Å². The number of imidazole rings is 1. The lowest BCUT2D eigenvalue weighted by Crippen LogP contribution is -2.59. The Morgan fingerprint density at radius 2 is 1.86 bits per heavy atom. The molecule has 0 radical (unpaired) electrons. The van der Waals surface area contributed by atoms with Crippen LogP contribution in [-0.2, 0) is 25.7 Å². The van der Waals surface area contributed by atoms with Gasteiger partial charge in [0.15, 0.2) is 0 Å². The van der Waals surface area contributed by atoms with E-state index in [0.29, 0.717) is 25.4 Å². The first-order valence-corrected chi connectivity index (χ1v) is 15.1. The van der Waals surface area contributed by atoms with Gasteiger partial charge in [-0.15, -0.1) is 6.58 Å². The number of nitrogens with zero attached hydrogens (tertiary/aromatic N) is 3. The summed E-state index contributed by atoms with van der Waals surface area (Å²) >= 11 is 0. The lowest BCUT2D eigenvalue weighted by molar-refractivity contribution is -0.146. The van der Waals surface area contributed by atoms with E-state index >= 15 is 0 Å². The van der Waals surface area contributed by atoms with Crippen molar-refractivity contribution in [2.45, 2.75) is 104 Å². The average molecular weight is 612 g/mol. The summed E-state index contributed by atoms with van der Waals surface area (Å²) in [5, 5.41) is 15.4. The molecule has 3 N–H and O–H groups in total. The Hall–Kier alpha value is -4.09. The number of benzene rings is 1. The standard InChI is InChI=1S/C32H45N5O7/c1-9-15-36-22-14-12-11-13-21(22)33-28(36)43-20-16-23(25(38)35-32(27(40)41)17-19(32)10-2)37(18-20)26(39)24(30(3,4)5)34-29(42)44-31(6,7)8/h9,11-14,19-20,23-24H,1,10,15-18H2,2-8H3,(H,34,42)(H,35,38)(H,40,41)/t19?,20-,23+,24?,32?/m1/s1. The van der Waals surface area contributed by atoms with Crippen molar-refractivity contribution in [1.82, 2.24) is 25.1 Å². The molecule has 1 aliphatic carbocycles. The van der Waals surface area contributed by atoms with Gasteiger partial charge >= 0.3 is 12.1 Å². The van der Waals surface area contributed by atoms with Crippen molar-refractivity contribution in [3.8, 4) is 6.01 Å².